The minimum absolute atomic E-state index is 0.358. The normalized spacial score (nSPS) is 17.6. The first kappa shape index (κ1) is 11.1. The van der Waals surface area contributed by atoms with Gasteiger partial charge in [-0.3, -0.25) is 0 Å². The Kier molecular flexibility index (Phi) is 2.85. The maximum absolute atomic E-state index is 5.99. The number of hydrogen-bond acceptors (Lipinski definition) is 1. The van der Waals surface area contributed by atoms with Crippen LogP contribution in [0.4, 0.5) is 5.69 Å². The highest BCUT2D eigenvalue weighted by molar-refractivity contribution is 9.10. The third kappa shape index (κ3) is 2.20. The van der Waals surface area contributed by atoms with Crippen molar-refractivity contribution in [3.8, 4) is 0 Å². The van der Waals surface area contributed by atoms with E-state index in [9.17, 15) is 0 Å². The van der Waals surface area contributed by atoms with E-state index in [4.69, 9.17) is 11.6 Å². The molecule has 1 N–H and O–H groups in total. The SMILES string of the molecule is Clc1ccc2c(c1)NC(c1ccc(Br)cc1)C2. The molecule has 1 heterocycles. The minimum Gasteiger partial charge on any atom is -0.378 e. The fourth-order valence-corrected chi connectivity index (χ4v) is 2.65. The van der Waals surface area contributed by atoms with Crippen LogP contribution in [0.1, 0.15) is 17.2 Å². The Morgan fingerprint density at radius 1 is 1.12 bits per heavy atom. The van der Waals surface area contributed by atoms with E-state index >= 15 is 0 Å². The molecule has 0 saturated heterocycles. The molecule has 1 aliphatic heterocycles. The first-order valence-corrected chi connectivity index (χ1v) is 6.70. The number of fused-ring (bicyclic) bond motifs is 1. The Morgan fingerprint density at radius 3 is 2.65 bits per heavy atom. The van der Waals surface area contributed by atoms with E-state index in [1.54, 1.807) is 0 Å². The Morgan fingerprint density at radius 2 is 1.88 bits per heavy atom. The van der Waals surface area contributed by atoms with Gasteiger partial charge in [0, 0.05) is 15.2 Å². The fraction of sp³-hybridized carbons (Fsp3) is 0.143. The van der Waals surface area contributed by atoms with Crippen LogP contribution in [-0.2, 0) is 6.42 Å². The van der Waals surface area contributed by atoms with E-state index in [0.29, 0.717) is 6.04 Å². The van der Waals surface area contributed by atoms with Gasteiger partial charge in [-0.25, -0.2) is 0 Å². The molecule has 1 atom stereocenters. The Labute approximate surface area is 114 Å². The molecule has 86 valence electrons. The van der Waals surface area contributed by atoms with Crippen LogP contribution in [0.15, 0.2) is 46.9 Å². The molecule has 3 heteroatoms. The summed E-state index contributed by atoms with van der Waals surface area (Å²) in [5, 5.41) is 4.30. The third-order valence-electron chi connectivity index (χ3n) is 3.10. The Bertz CT molecular complexity index is 551. The van der Waals surface area contributed by atoms with Gasteiger partial charge in [0.1, 0.15) is 0 Å². The highest BCUT2D eigenvalue weighted by Crippen LogP contribution is 2.35. The van der Waals surface area contributed by atoms with Gasteiger partial charge in [-0.15, -0.1) is 0 Å². The van der Waals surface area contributed by atoms with Gasteiger partial charge in [-0.05, 0) is 41.8 Å². The molecule has 0 aliphatic carbocycles. The lowest BCUT2D eigenvalue weighted by molar-refractivity contribution is 0.824. The van der Waals surface area contributed by atoms with Crippen molar-refractivity contribution in [2.45, 2.75) is 12.5 Å². The molecule has 0 radical (unpaired) electrons. The first-order chi connectivity index (χ1) is 8.22. The predicted octanol–water partition coefficient (Wildman–Crippen LogP) is 4.81. The zero-order chi connectivity index (χ0) is 11.8. The third-order valence-corrected chi connectivity index (χ3v) is 3.86. The van der Waals surface area contributed by atoms with Gasteiger partial charge < -0.3 is 5.32 Å². The average molecular weight is 309 g/mol. The quantitative estimate of drug-likeness (QED) is 0.797. The summed E-state index contributed by atoms with van der Waals surface area (Å²) in [5.74, 6) is 0. The van der Waals surface area contributed by atoms with Crippen LogP contribution in [0.25, 0.3) is 0 Å². The van der Waals surface area contributed by atoms with Crippen molar-refractivity contribution < 1.29 is 0 Å². The number of benzene rings is 2. The molecule has 0 bridgehead atoms. The molecule has 2 aromatic carbocycles. The van der Waals surface area contributed by atoms with E-state index in [0.717, 1.165) is 21.6 Å². The molecule has 1 nitrogen and oxygen atoms in total. The molecule has 0 spiro atoms. The van der Waals surface area contributed by atoms with Crippen LogP contribution in [0, 0.1) is 0 Å². The predicted molar refractivity (Wildman–Crippen MR) is 75.7 cm³/mol. The molecule has 17 heavy (non-hydrogen) atoms. The van der Waals surface area contributed by atoms with E-state index in [-0.39, 0.29) is 0 Å². The highest BCUT2D eigenvalue weighted by Gasteiger charge is 2.21. The summed E-state index contributed by atoms with van der Waals surface area (Å²) in [7, 11) is 0. The van der Waals surface area contributed by atoms with Crippen LogP contribution in [0.3, 0.4) is 0 Å². The van der Waals surface area contributed by atoms with Crippen molar-refractivity contribution in [1.29, 1.82) is 0 Å². The lowest BCUT2D eigenvalue weighted by Gasteiger charge is -2.11. The van der Waals surface area contributed by atoms with Gasteiger partial charge in [-0.1, -0.05) is 45.7 Å². The van der Waals surface area contributed by atoms with E-state index in [1.165, 1.54) is 11.1 Å². The van der Waals surface area contributed by atoms with Crippen LogP contribution in [0.2, 0.25) is 5.02 Å². The number of rotatable bonds is 1. The van der Waals surface area contributed by atoms with Crippen molar-refractivity contribution in [1.82, 2.24) is 0 Å². The maximum atomic E-state index is 5.99. The molecular weight excluding hydrogens is 298 g/mol. The van der Waals surface area contributed by atoms with Gasteiger partial charge >= 0.3 is 0 Å². The second-order valence-electron chi connectivity index (χ2n) is 4.25. The van der Waals surface area contributed by atoms with Crippen LogP contribution in [-0.4, -0.2) is 0 Å². The second-order valence-corrected chi connectivity index (χ2v) is 5.61. The first-order valence-electron chi connectivity index (χ1n) is 5.53. The van der Waals surface area contributed by atoms with Gasteiger partial charge in [0.15, 0.2) is 0 Å². The van der Waals surface area contributed by atoms with E-state index in [1.807, 2.05) is 12.1 Å². The number of anilines is 1. The van der Waals surface area contributed by atoms with Crippen LogP contribution in [0.5, 0.6) is 0 Å². The zero-order valence-corrected chi connectivity index (χ0v) is 11.4. The topological polar surface area (TPSA) is 12.0 Å². The standard InChI is InChI=1S/C14H11BrClN/c15-11-4-1-9(2-5-11)13-7-10-3-6-12(16)8-14(10)17-13/h1-6,8,13,17H,7H2. The van der Waals surface area contributed by atoms with Crippen molar-refractivity contribution in [3.63, 3.8) is 0 Å². The smallest absolute Gasteiger partial charge is 0.0555 e. The monoisotopic (exact) mass is 307 g/mol. The van der Waals surface area contributed by atoms with Gasteiger partial charge in [0.2, 0.25) is 0 Å². The summed E-state index contributed by atoms with van der Waals surface area (Å²) in [6.45, 7) is 0. The number of hydrogen-bond donors (Lipinski definition) is 1. The molecule has 0 aromatic heterocycles. The number of halogens is 2. The molecule has 2 aromatic rings. The molecule has 1 aliphatic rings. The van der Waals surface area contributed by atoms with E-state index < -0.39 is 0 Å². The average Bonchev–Trinajstić information content (AvgIpc) is 2.72. The molecule has 1 unspecified atom stereocenters. The Balaban J connectivity index is 1.88. The lowest BCUT2D eigenvalue weighted by Crippen LogP contribution is -2.05. The Hall–Kier alpha value is -0.990. The summed E-state index contributed by atoms with van der Waals surface area (Å²) >= 11 is 9.45. The maximum Gasteiger partial charge on any atom is 0.0555 e. The van der Waals surface area contributed by atoms with Crippen molar-refractivity contribution in [3.05, 3.63) is 63.1 Å². The summed E-state index contributed by atoms with van der Waals surface area (Å²) in [5.41, 5.74) is 3.80. The summed E-state index contributed by atoms with van der Waals surface area (Å²) in [4.78, 5) is 0. The largest absolute Gasteiger partial charge is 0.378 e. The molecule has 0 saturated carbocycles. The minimum atomic E-state index is 0.358. The highest BCUT2D eigenvalue weighted by atomic mass is 79.9. The zero-order valence-electron chi connectivity index (χ0n) is 9.08. The summed E-state index contributed by atoms with van der Waals surface area (Å²) in [6.07, 6.45) is 1.02. The van der Waals surface area contributed by atoms with Crippen LogP contribution >= 0.6 is 27.5 Å². The second kappa shape index (κ2) is 4.35. The molecule has 0 amide bonds. The van der Waals surface area contributed by atoms with Gasteiger partial charge in [0.05, 0.1) is 6.04 Å². The van der Waals surface area contributed by atoms with Crippen molar-refractivity contribution >= 4 is 33.2 Å². The molecule has 3 rings (SSSR count). The lowest BCUT2D eigenvalue weighted by atomic mass is 10.0. The summed E-state index contributed by atoms with van der Waals surface area (Å²) in [6, 6.07) is 14.9. The molecule has 0 fully saturated rings. The molecular formula is C14H11BrClN. The van der Waals surface area contributed by atoms with Crippen molar-refractivity contribution in [2.75, 3.05) is 5.32 Å². The van der Waals surface area contributed by atoms with Crippen molar-refractivity contribution in [2.24, 2.45) is 0 Å². The summed E-state index contributed by atoms with van der Waals surface area (Å²) < 4.78 is 1.11. The fourth-order valence-electron chi connectivity index (χ4n) is 2.22. The van der Waals surface area contributed by atoms with E-state index in [2.05, 4.69) is 51.6 Å². The van der Waals surface area contributed by atoms with Gasteiger partial charge in [-0.2, -0.15) is 0 Å². The van der Waals surface area contributed by atoms with Gasteiger partial charge in [0.25, 0.3) is 0 Å². The van der Waals surface area contributed by atoms with Crippen LogP contribution < -0.4 is 5.32 Å². The number of nitrogens with one attached hydrogen (secondary N) is 1.